The van der Waals surface area contributed by atoms with Crippen molar-refractivity contribution in [3.63, 3.8) is 0 Å². The van der Waals surface area contributed by atoms with Gasteiger partial charge in [-0.05, 0) is 49.4 Å². The molecule has 0 aromatic heterocycles. The molecule has 9 heteroatoms. The van der Waals surface area contributed by atoms with Crippen LogP contribution in [-0.2, 0) is 9.59 Å². The fourth-order valence-corrected chi connectivity index (χ4v) is 2.53. The minimum absolute atomic E-state index is 0.0144. The van der Waals surface area contributed by atoms with Gasteiger partial charge in [-0.25, -0.2) is 13.2 Å². The standard InChI is InChI=1S/C17H15F3N2O3S/c1-10(25-13-5-2-11(18)3-6-13)17(24)22-21-16(23)9-26-15-8-12(19)4-7-14(15)20/h2-8,10H,9H2,1H3,(H,21,23)(H,22,24)/t10-/m1/s1. The van der Waals surface area contributed by atoms with Crippen molar-refractivity contribution in [3.8, 4) is 5.75 Å². The van der Waals surface area contributed by atoms with Gasteiger partial charge >= 0.3 is 0 Å². The highest BCUT2D eigenvalue weighted by atomic mass is 32.2. The molecule has 0 spiro atoms. The zero-order valence-electron chi connectivity index (χ0n) is 13.6. The van der Waals surface area contributed by atoms with E-state index in [1.165, 1.54) is 31.2 Å². The third-order valence-electron chi connectivity index (χ3n) is 3.07. The number of hydrogen-bond donors (Lipinski definition) is 2. The Morgan fingerprint density at radius 2 is 1.69 bits per heavy atom. The summed E-state index contributed by atoms with van der Waals surface area (Å²) in [6.45, 7) is 1.45. The lowest BCUT2D eigenvalue weighted by Gasteiger charge is -2.15. The molecule has 0 radical (unpaired) electrons. The van der Waals surface area contributed by atoms with Crippen LogP contribution in [0.15, 0.2) is 47.4 Å². The summed E-state index contributed by atoms with van der Waals surface area (Å²) in [4.78, 5) is 23.5. The summed E-state index contributed by atoms with van der Waals surface area (Å²) in [6.07, 6.45) is -0.950. The van der Waals surface area contributed by atoms with E-state index in [0.29, 0.717) is 0 Å². The van der Waals surface area contributed by atoms with E-state index in [1.807, 2.05) is 0 Å². The Balaban J connectivity index is 1.76. The number of halogens is 3. The first kappa shape index (κ1) is 19.6. The normalized spacial score (nSPS) is 11.5. The van der Waals surface area contributed by atoms with Gasteiger partial charge in [-0.1, -0.05) is 0 Å². The molecule has 0 aliphatic rings. The van der Waals surface area contributed by atoms with Crippen LogP contribution < -0.4 is 15.6 Å². The van der Waals surface area contributed by atoms with Crippen LogP contribution in [0, 0.1) is 17.5 Å². The third-order valence-corrected chi connectivity index (χ3v) is 4.10. The number of carbonyl (C=O) groups excluding carboxylic acids is 2. The fraction of sp³-hybridized carbons (Fsp3) is 0.176. The molecule has 26 heavy (non-hydrogen) atoms. The van der Waals surface area contributed by atoms with Gasteiger partial charge < -0.3 is 4.74 Å². The Hall–Kier alpha value is -2.68. The molecule has 2 rings (SSSR count). The number of carbonyl (C=O) groups is 2. The molecule has 0 aliphatic heterocycles. The van der Waals surface area contributed by atoms with Crippen LogP contribution in [0.3, 0.4) is 0 Å². The van der Waals surface area contributed by atoms with Crippen LogP contribution in [0.2, 0.25) is 0 Å². The molecule has 0 bridgehead atoms. The van der Waals surface area contributed by atoms with Gasteiger partial charge in [-0.3, -0.25) is 20.4 Å². The Labute approximate surface area is 151 Å². The number of nitrogens with one attached hydrogen (secondary N) is 2. The molecular formula is C17H15F3N2O3S. The highest BCUT2D eigenvalue weighted by Gasteiger charge is 2.16. The van der Waals surface area contributed by atoms with E-state index in [9.17, 15) is 22.8 Å². The van der Waals surface area contributed by atoms with Crippen molar-refractivity contribution in [1.29, 1.82) is 0 Å². The molecule has 2 N–H and O–H groups in total. The maximum absolute atomic E-state index is 13.4. The molecule has 2 amide bonds. The Bertz CT molecular complexity index is 787. The highest BCUT2D eigenvalue weighted by molar-refractivity contribution is 8.00. The number of ether oxygens (including phenoxy) is 1. The predicted molar refractivity (Wildman–Crippen MR) is 89.9 cm³/mol. The second kappa shape index (κ2) is 9.14. The molecule has 0 aliphatic carbocycles. The number of hydrazine groups is 1. The lowest BCUT2D eigenvalue weighted by molar-refractivity contribution is -0.131. The Kier molecular flexibility index (Phi) is 6.90. The molecule has 0 fully saturated rings. The Morgan fingerprint density at radius 3 is 2.38 bits per heavy atom. The molecule has 5 nitrogen and oxygen atoms in total. The monoisotopic (exact) mass is 384 g/mol. The maximum Gasteiger partial charge on any atom is 0.279 e. The summed E-state index contributed by atoms with van der Waals surface area (Å²) in [7, 11) is 0. The molecule has 0 saturated heterocycles. The average Bonchev–Trinajstić information content (AvgIpc) is 2.62. The first-order valence-electron chi connectivity index (χ1n) is 7.44. The summed E-state index contributed by atoms with van der Waals surface area (Å²) in [6, 6.07) is 8.01. The van der Waals surface area contributed by atoms with Gasteiger partial charge in [-0.2, -0.15) is 0 Å². The number of rotatable bonds is 6. The molecule has 138 valence electrons. The van der Waals surface area contributed by atoms with Gasteiger partial charge in [0, 0.05) is 4.90 Å². The van der Waals surface area contributed by atoms with Gasteiger partial charge in [0.1, 0.15) is 23.2 Å². The van der Waals surface area contributed by atoms with Crippen LogP contribution in [0.5, 0.6) is 5.75 Å². The molecule has 2 aromatic rings. The third kappa shape index (κ3) is 5.99. The van der Waals surface area contributed by atoms with Crippen molar-refractivity contribution in [1.82, 2.24) is 10.9 Å². The summed E-state index contributed by atoms with van der Waals surface area (Å²) >= 11 is 0.788. The van der Waals surface area contributed by atoms with Gasteiger partial charge in [-0.15, -0.1) is 11.8 Å². The van der Waals surface area contributed by atoms with Crippen molar-refractivity contribution in [2.24, 2.45) is 0 Å². The SMILES string of the molecule is C[C@@H](Oc1ccc(F)cc1)C(=O)NNC(=O)CSc1cc(F)ccc1F. The number of thioether (sulfide) groups is 1. The first-order valence-corrected chi connectivity index (χ1v) is 8.42. The van der Waals surface area contributed by atoms with Gasteiger partial charge in [0.2, 0.25) is 5.91 Å². The van der Waals surface area contributed by atoms with E-state index in [4.69, 9.17) is 4.74 Å². The smallest absolute Gasteiger partial charge is 0.279 e. The molecular weight excluding hydrogens is 369 g/mol. The maximum atomic E-state index is 13.4. The molecule has 0 heterocycles. The number of hydrogen-bond acceptors (Lipinski definition) is 4. The number of amides is 2. The minimum atomic E-state index is -0.950. The highest BCUT2D eigenvalue weighted by Crippen LogP contribution is 2.22. The van der Waals surface area contributed by atoms with E-state index in [0.717, 1.165) is 30.0 Å². The molecule has 0 unspecified atom stereocenters. The van der Waals surface area contributed by atoms with Crippen molar-refractivity contribution >= 4 is 23.6 Å². The van der Waals surface area contributed by atoms with Crippen LogP contribution >= 0.6 is 11.8 Å². The summed E-state index contributed by atoms with van der Waals surface area (Å²) in [5.74, 6) is -2.88. The quantitative estimate of drug-likeness (QED) is 0.594. The van der Waals surface area contributed by atoms with E-state index >= 15 is 0 Å². The van der Waals surface area contributed by atoms with Crippen LogP contribution in [-0.4, -0.2) is 23.7 Å². The van der Waals surface area contributed by atoms with Crippen LogP contribution in [0.25, 0.3) is 0 Å². The van der Waals surface area contributed by atoms with E-state index < -0.39 is 35.4 Å². The van der Waals surface area contributed by atoms with E-state index in [1.54, 1.807) is 0 Å². The Morgan fingerprint density at radius 1 is 1.04 bits per heavy atom. The van der Waals surface area contributed by atoms with Crippen LogP contribution in [0.1, 0.15) is 6.92 Å². The molecule has 1 atom stereocenters. The lowest BCUT2D eigenvalue weighted by Crippen LogP contribution is -2.47. The minimum Gasteiger partial charge on any atom is -0.481 e. The van der Waals surface area contributed by atoms with Crippen molar-refractivity contribution in [2.75, 3.05) is 5.75 Å². The fourth-order valence-electron chi connectivity index (χ4n) is 1.77. The van der Waals surface area contributed by atoms with Gasteiger partial charge in [0.05, 0.1) is 5.75 Å². The van der Waals surface area contributed by atoms with Gasteiger partial charge in [0.15, 0.2) is 6.10 Å². The zero-order valence-corrected chi connectivity index (χ0v) is 14.4. The van der Waals surface area contributed by atoms with Crippen molar-refractivity contribution < 1.29 is 27.5 Å². The second-order valence-corrected chi connectivity index (χ2v) is 6.13. The van der Waals surface area contributed by atoms with Gasteiger partial charge in [0.25, 0.3) is 5.91 Å². The predicted octanol–water partition coefficient (Wildman–Crippen LogP) is 2.81. The summed E-state index contributed by atoms with van der Waals surface area (Å²) in [5, 5.41) is 0. The summed E-state index contributed by atoms with van der Waals surface area (Å²) < 4.78 is 44.6. The van der Waals surface area contributed by atoms with Crippen molar-refractivity contribution in [3.05, 3.63) is 59.9 Å². The van der Waals surface area contributed by atoms with Crippen molar-refractivity contribution in [2.45, 2.75) is 17.9 Å². The van der Waals surface area contributed by atoms with Crippen LogP contribution in [0.4, 0.5) is 13.2 Å². The number of benzene rings is 2. The topological polar surface area (TPSA) is 67.4 Å². The van der Waals surface area contributed by atoms with E-state index in [-0.39, 0.29) is 16.4 Å². The first-order chi connectivity index (χ1) is 12.3. The molecule has 0 saturated carbocycles. The summed E-state index contributed by atoms with van der Waals surface area (Å²) in [5.41, 5.74) is 4.30. The zero-order chi connectivity index (χ0) is 19.1. The second-order valence-electron chi connectivity index (χ2n) is 5.11. The molecule has 2 aromatic carbocycles. The van der Waals surface area contributed by atoms with E-state index in [2.05, 4.69) is 10.9 Å². The lowest BCUT2D eigenvalue weighted by atomic mass is 10.3. The average molecular weight is 384 g/mol. The largest absolute Gasteiger partial charge is 0.481 e.